The fourth-order valence-electron chi connectivity index (χ4n) is 1.54. The van der Waals surface area contributed by atoms with Gasteiger partial charge in [0, 0.05) is 13.8 Å². The van der Waals surface area contributed by atoms with Gasteiger partial charge in [-0.3, -0.25) is 0 Å². The van der Waals surface area contributed by atoms with E-state index in [2.05, 4.69) is 15.9 Å². The Kier molecular flexibility index (Phi) is 2.58. The number of ether oxygens (including phenoxy) is 3. The molecule has 1 aromatic carbocycles. The molecule has 0 aliphatic carbocycles. The van der Waals surface area contributed by atoms with Gasteiger partial charge in [0.1, 0.15) is 11.3 Å². The highest BCUT2D eigenvalue weighted by atomic mass is 79.9. The molecule has 0 N–H and O–H groups in total. The largest absolute Gasteiger partial charge is 0.496 e. The summed E-state index contributed by atoms with van der Waals surface area (Å²) in [5, 5.41) is 0. The van der Waals surface area contributed by atoms with Gasteiger partial charge in [0.25, 0.3) is 0 Å². The highest BCUT2D eigenvalue weighted by Gasteiger charge is 2.37. The van der Waals surface area contributed by atoms with Gasteiger partial charge in [0.15, 0.2) is 5.75 Å². The van der Waals surface area contributed by atoms with Crippen molar-refractivity contribution >= 4 is 21.9 Å². The molecule has 1 aromatic rings. The average Bonchev–Trinajstić information content (AvgIpc) is 2.18. The number of methoxy groups -OCH3 is 1. The highest BCUT2D eigenvalue weighted by Crippen LogP contribution is 2.41. The maximum Gasteiger partial charge on any atom is 0.349 e. The van der Waals surface area contributed by atoms with Crippen LogP contribution in [0.15, 0.2) is 16.6 Å². The number of carbonyl (C=O) groups is 1. The number of carbonyl (C=O) groups excluding carboxylic acids is 1. The Morgan fingerprint density at radius 1 is 1.31 bits per heavy atom. The van der Waals surface area contributed by atoms with Gasteiger partial charge in [-0.15, -0.1) is 0 Å². The second-order valence-corrected chi connectivity index (χ2v) is 4.70. The van der Waals surface area contributed by atoms with Crippen molar-refractivity contribution in [1.29, 1.82) is 0 Å². The van der Waals surface area contributed by atoms with Gasteiger partial charge in [-0.05, 0) is 28.1 Å². The van der Waals surface area contributed by atoms with E-state index >= 15 is 0 Å². The molecule has 0 amide bonds. The van der Waals surface area contributed by atoms with Crippen LogP contribution >= 0.6 is 15.9 Å². The number of hydrogen-bond acceptors (Lipinski definition) is 4. The molecule has 0 fully saturated rings. The minimum Gasteiger partial charge on any atom is -0.496 e. The molecular weight excluding hydrogens is 276 g/mol. The monoisotopic (exact) mass is 286 g/mol. The molecule has 1 aliphatic heterocycles. The number of cyclic esters (lactones) is 1. The molecule has 0 aromatic heterocycles. The predicted octanol–water partition coefficient (Wildman–Crippen LogP) is 2.74. The maximum absolute atomic E-state index is 11.8. The Morgan fingerprint density at radius 2 is 2.00 bits per heavy atom. The lowest BCUT2D eigenvalue weighted by atomic mass is 10.1. The average molecular weight is 287 g/mol. The molecule has 16 heavy (non-hydrogen) atoms. The molecule has 0 spiro atoms. The summed E-state index contributed by atoms with van der Waals surface area (Å²) in [7, 11) is 1.50. The molecular formula is C11H11BrO4. The van der Waals surface area contributed by atoms with Gasteiger partial charge in [0.05, 0.1) is 11.6 Å². The number of esters is 1. The third kappa shape index (κ3) is 1.75. The first-order valence-corrected chi connectivity index (χ1v) is 5.53. The number of hydrogen-bond donors (Lipinski definition) is 0. The molecule has 1 heterocycles. The Labute approximate surface area is 102 Å². The summed E-state index contributed by atoms with van der Waals surface area (Å²) >= 11 is 3.34. The second-order valence-electron chi connectivity index (χ2n) is 3.85. The normalized spacial score (nSPS) is 17.1. The lowest BCUT2D eigenvalue weighted by Crippen LogP contribution is -2.39. The molecule has 0 saturated heterocycles. The molecule has 2 rings (SSSR count). The third-order valence-corrected chi connectivity index (χ3v) is 2.81. The van der Waals surface area contributed by atoms with E-state index in [9.17, 15) is 4.79 Å². The molecule has 0 radical (unpaired) electrons. The van der Waals surface area contributed by atoms with E-state index in [4.69, 9.17) is 14.2 Å². The molecule has 1 aliphatic rings. The predicted molar refractivity (Wildman–Crippen MR) is 60.8 cm³/mol. The smallest absolute Gasteiger partial charge is 0.349 e. The fourth-order valence-corrected chi connectivity index (χ4v) is 1.95. The molecule has 0 atom stereocenters. The first-order valence-electron chi connectivity index (χ1n) is 4.73. The Bertz CT molecular complexity index is 454. The number of benzene rings is 1. The number of rotatable bonds is 1. The van der Waals surface area contributed by atoms with Crippen LogP contribution in [0, 0.1) is 0 Å². The molecule has 0 unspecified atom stereocenters. The van der Waals surface area contributed by atoms with Crippen molar-refractivity contribution in [3.63, 3.8) is 0 Å². The van der Waals surface area contributed by atoms with Gasteiger partial charge in [-0.1, -0.05) is 0 Å². The SMILES string of the molecule is COc1ccc(Br)c2c1C(=O)OC(C)(C)O2. The number of fused-ring (bicyclic) bond motifs is 1. The van der Waals surface area contributed by atoms with Crippen molar-refractivity contribution in [2.45, 2.75) is 19.6 Å². The minimum absolute atomic E-state index is 0.316. The summed E-state index contributed by atoms with van der Waals surface area (Å²) in [5.74, 6) is -0.498. The van der Waals surface area contributed by atoms with Crippen molar-refractivity contribution in [3.8, 4) is 11.5 Å². The summed E-state index contributed by atoms with van der Waals surface area (Å²) in [6.45, 7) is 3.36. The van der Waals surface area contributed by atoms with Crippen LogP contribution in [0.25, 0.3) is 0 Å². The Balaban J connectivity index is 2.63. The highest BCUT2D eigenvalue weighted by molar-refractivity contribution is 9.10. The van der Waals surface area contributed by atoms with Crippen LogP contribution in [0.2, 0.25) is 0 Å². The van der Waals surface area contributed by atoms with E-state index in [1.54, 1.807) is 26.0 Å². The topological polar surface area (TPSA) is 44.8 Å². The fraction of sp³-hybridized carbons (Fsp3) is 0.364. The zero-order valence-electron chi connectivity index (χ0n) is 9.17. The van der Waals surface area contributed by atoms with Gasteiger partial charge in [-0.25, -0.2) is 4.79 Å². The van der Waals surface area contributed by atoms with E-state index in [-0.39, 0.29) is 0 Å². The molecule has 86 valence electrons. The molecule has 0 saturated carbocycles. The summed E-state index contributed by atoms with van der Waals surface area (Å²) in [4.78, 5) is 11.8. The van der Waals surface area contributed by atoms with E-state index in [1.165, 1.54) is 7.11 Å². The first-order chi connectivity index (χ1) is 7.44. The third-order valence-electron chi connectivity index (χ3n) is 2.18. The van der Waals surface area contributed by atoms with E-state index < -0.39 is 11.8 Å². The molecule has 5 heteroatoms. The van der Waals surface area contributed by atoms with Crippen LogP contribution in [0.4, 0.5) is 0 Å². The van der Waals surface area contributed by atoms with E-state index in [0.717, 1.165) is 0 Å². The lowest BCUT2D eigenvalue weighted by Gasteiger charge is -2.32. The quantitative estimate of drug-likeness (QED) is 0.745. The van der Waals surface area contributed by atoms with Crippen LogP contribution < -0.4 is 9.47 Å². The second kappa shape index (κ2) is 3.66. The summed E-state index contributed by atoms with van der Waals surface area (Å²) in [6.07, 6.45) is 0. The van der Waals surface area contributed by atoms with E-state index in [0.29, 0.717) is 21.5 Å². The van der Waals surface area contributed by atoms with Crippen LogP contribution in [0.5, 0.6) is 11.5 Å². The Morgan fingerprint density at radius 3 is 2.62 bits per heavy atom. The minimum atomic E-state index is -0.959. The summed E-state index contributed by atoms with van der Waals surface area (Å²) in [6, 6.07) is 3.46. The van der Waals surface area contributed by atoms with Gasteiger partial charge >= 0.3 is 5.97 Å². The van der Waals surface area contributed by atoms with E-state index in [1.807, 2.05) is 0 Å². The summed E-state index contributed by atoms with van der Waals surface area (Å²) in [5.41, 5.74) is 0.316. The van der Waals surface area contributed by atoms with Crippen LogP contribution in [0.3, 0.4) is 0 Å². The van der Waals surface area contributed by atoms with Crippen molar-refractivity contribution in [2.75, 3.05) is 7.11 Å². The maximum atomic E-state index is 11.8. The molecule has 0 bridgehead atoms. The lowest BCUT2D eigenvalue weighted by molar-refractivity contribution is -0.128. The molecule has 4 nitrogen and oxygen atoms in total. The van der Waals surface area contributed by atoms with Crippen LogP contribution in [0.1, 0.15) is 24.2 Å². The first kappa shape index (κ1) is 11.3. The van der Waals surface area contributed by atoms with Crippen LogP contribution in [-0.4, -0.2) is 18.9 Å². The van der Waals surface area contributed by atoms with Gasteiger partial charge in [-0.2, -0.15) is 0 Å². The summed E-state index contributed by atoms with van der Waals surface area (Å²) < 4.78 is 16.5. The van der Waals surface area contributed by atoms with Crippen LogP contribution in [-0.2, 0) is 4.74 Å². The van der Waals surface area contributed by atoms with Crippen molar-refractivity contribution in [3.05, 3.63) is 22.2 Å². The van der Waals surface area contributed by atoms with Crippen molar-refractivity contribution in [2.24, 2.45) is 0 Å². The van der Waals surface area contributed by atoms with Gasteiger partial charge < -0.3 is 14.2 Å². The standard InChI is InChI=1S/C11H11BrO4/c1-11(2)15-9-6(12)4-5-7(14-3)8(9)10(13)16-11/h4-5H,1-3H3. The number of halogens is 1. The van der Waals surface area contributed by atoms with Gasteiger partial charge in [0.2, 0.25) is 5.79 Å². The zero-order valence-corrected chi connectivity index (χ0v) is 10.8. The van der Waals surface area contributed by atoms with Crippen molar-refractivity contribution in [1.82, 2.24) is 0 Å². The Hall–Kier alpha value is -1.23. The zero-order chi connectivity index (χ0) is 11.9. The van der Waals surface area contributed by atoms with Crippen molar-refractivity contribution < 1.29 is 19.0 Å².